The van der Waals surface area contributed by atoms with E-state index in [0.29, 0.717) is 0 Å². The zero-order chi connectivity index (χ0) is 11.6. The highest BCUT2D eigenvalue weighted by Crippen LogP contribution is 2.48. The molecule has 0 aromatic heterocycles. The lowest BCUT2D eigenvalue weighted by Gasteiger charge is -2.31. The Morgan fingerprint density at radius 1 is 0.867 bits per heavy atom. The quantitative estimate of drug-likeness (QED) is 0.201. The molecule has 0 radical (unpaired) electrons. The van der Waals surface area contributed by atoms with E-state index in [9.17, 15) is 15.3 Å². The first-order chi connectivity index (χ1) is 6.59. The molecule has 2 fully saturated rings. The van der Waals surface area contributed by atoms with Gasteiger partial charge in [-0.2, -0.15) is 0 Å². The molecule has 15 heavy (non-hydrogen) atoms. The first-order valence-corrected chi connectivity index (χ1v) is 3.97. The summed E-state index contributed by atoms with van der Waals surface area (Å²) in [6.45, 7) is 0. The van der Waals surface area contributed by atoms with Crippen LogP contribution in [-0.4, -0.2) is 65.9 Å². The second kappa shape index (κ2) is 2.66. The van der Waals surface area contributed by atoms with Crippen molar-refractivity contribution in [1.29, 1.82) is 0 Å². The SMILES string of the molecule is OC1C2C(OC1(O)O)OC(O)(O)C2(O)O. The van der Waals surface area contributed by atoms with Gasteiger partial charge < -0.3 is 35.7 Å². The predicted octanol–water partition coefficient (Wildman–Crippen LogP) is -4.69. The highest BCUT2D eigenvalue weighted by Gasteiger charge is 2.74. The fraction of sp³-hybridized carbons (Fsp3) is 1.00. The standard InChI is InChI=1S/C6H10O9/c7-2-1-3(14-5(2,10)11)15-6(12,13)4(1,8)9/h1-3,7-13H. The van der Waals surface area contributed by atoms with Crippen LogP contribution in [0.25, 0.3) is 0 Å². The highest BCUT2D eigenvalue weighted by atomic mass is 16.9. The van der Waals surface area contributed by atoms with E-state index < -0.39 is 36.0 Å². The number of aliphatic hydroxyl groups excluding tert-OH is 1. The fourth-order valence-corrected chi connectivity index (χ4v) is 1.67. The fourth-order valence-electron chi connectivity index (χ4n) is 1.67. The maximum Gasteiger partial charge on any atom is 0.338 e. The number of rotatable bonds is 0. The molecule has 0 spiro atoms. The van der Waals surface area contributed by atoms with Gasteiger partial charge in [-0.25, -0.2) is 0 Å². The molecule has 3 atom stereocenters. The van der Waals surface area contributed by atoms with Gasteiger partial charge in [0.05, 0.1) is 0 Å². The zero-order valence-corrected chi connectivity index (χ0v) is 7.18. The third kappa shape index (κ3) is 1.24. The van der Waals surface area contributed by atoms with E-state index in [0.717, 1.165) is 0 Å². The number of hydrogen-bond acceptors (Lipinski definition) is 9. The van der Waals surface area contributed by atoms with E-state index in [1.165, 1.54) is 0 Å². The van der Waals surface area contributed by atoms with Crippen LogP contribution in [0.15, 0.2) is 0 Å². The summed E-state index contributed by atoms with van der Waals surface area (Å²) in [7, 11) is 0. The molecule has 7 N–H and O–H groups in total. The molecule has 3 unspecified atom stereocenters. The van der Waals surface area contributed by atoms with Gasteiger partial charge in [0.25, 0.3) is 5.79 Å². The molecule has 88 valence electrons. The van der Waals surface area contributed by atoms with Crippen LogP contribution >= 0.6 is 0 Å². The van der Waals surface area contributed by atoms with E-state index in [2.05, 4.69) is 9.47 Å². The average molecular weight is 226 g/mol. The minimum Gasteiger partial charge on any atom is -0.384 e. The van der Waals surface area contributed by atoms with Crippen molar-refractivity contribution in [2.45, 2.75) is 30.1 Å². The number of ether oxygens (including phenoxy) is 2. The van der Waals surface area contributed by atoms with Crippen molar-refractivity contribution in [3.8, 4) is 0 Å². The summed E-state index contributed by atoms with van der Waals surface area (Å²) in [5.74, 6) is -11.5. The third-order valence-electron chi connectivity index (χ3n) is 2.53. The molecule has 9 nitrogen and oxygen atoms in total. The lowest BCUT2D eigenvalue weighted by molar-refractivity contribution is -0.469. The summed E-state index contributed by atoms with van der Waals surface area (Å²) in [5.41, 5.74) is 0. The zero-order valence-electron chi connectivity index (χ0n) is 7.18. The van der Waals surface area contributed by atoms with Crippen molar-refractivity contribution in [3.63, 3.8) is 0 Å². The largest absolute Gasteiger partial charge is 0.384 e. The molecule has 0 bridgehead atoms. The van der Waals surface area contributed by atoms with Crippen molar-refractivity contribution in [3.05, 3.63) is 0 Å². The lowest BCUT2D eigenvalue weighted by atomic mass is 9.93. The van der Waals surface area contributed by atoms with E-state index in [4.69, 9.17) is 20.4 Å². The summed E-state index contributed by atoms with van der Waals surface area (Å²) in [6, 6.07) is 0. The Kier molecular flexibility index (Phi) is 1.97. The molecular weight excluding hydrogens is 216 g/mol. The smallest absolute Gasteiger partial charge is 0.338 e. The Balaban J connectivity index is 2.36. The lowest BCUT2D eigenvalue weighted by Crippen LogP contribution is -2.59. The third-order valence-corrected chi connectivity index (χ3v) is 2.53. The van der Waals surface area contributed by atoms with Crippen LogP contribution in [0.3, 0.4) is 0 Å². The Morgan fingerprint density at radius 3 is 1.87 bits per heavy atom. The van der Waals surface area contributed by atoms with Crippen LogP contribution in [-0.2, 0) is 9.47 Å². The first-order valence-electron chi connectivity index (χ1n) is 3.97. The van der Waals surface area contributed by atoms with Crippen LogP contribution < -0.4 is 0 Å². The predicted molar refractivity (Wildman–Crippen MR) is 37.0 cm³/mol. The molecule has 2 aliphatic rings. The Labute approximate surface area is 82.3 Å². The van der Waals surface area contributed by atoms with Crippen LogP contribution in [0.4, 0.5) is 0 Å². The van der Waals surface area contributed by atoms with Crippen molar-refractivity contribution in [1.82, 2.24) is 0 Å². The van der Waals surface area contributed by atoms with Gasteiger partial charge in [0, 0.05) is 0 Å². The molecule has 2 heterocycles. The Bertz CT molecular complexity index is 284. The monoisotopic (exact) mass is 226 g/mol. The van der Waals surface area contributed by atoms with Gasteiger partial charge in [0.2, 0.25) is 0 Å². The Morgan fingerprint density at radius 2 is 1.40 bits per heavy atom. The topological polar surface area (TPSA) is 160 Å². The van der Waals surface area contributed by atoms with Crippen molar-refractivity contribution in [2.75, 3.05) is 0 Å². The number of fused-ring (bicyclic) bond motifs is 1. The van der Waals surface area contributed by atoms with Crippen molar-refractivity contribution in [2.24, 2.45) is 5.92 Å². The molecular formula is C6H10O9. The van der Waals surface area contributed by atoms with Gasteiger partial charge in [-0.1, -0.05) is 0 Å². The number of hydrogen-bond donors (Lipinski definition) is 7. The molecule has 0 saturated carbocycles. The van der Waals surface area contributed by atoms with Gasteiger partial charge in [0.1, 0.15) is 12.0 Å². The van der Waals surface area contributed by atoms with E-state index in [-0.39, 0.29) is 0 Å². The van der Waals surface area contributed by atoms with Crippen LogP contribution in [0.1, 0.15) is 0 Å². The summed E-state index contributed by atoms with van der Waals surface area (Å²) in [5, 5.41) is 63.7. The minimum atomic E-state index is -3.36. The van der Waals surface area contributed by atoms with E-state index >= 15 is 0 Å². The second-order valence-corrected chi connectivity index (χ2v) is 3.57. The van der Waals surface area contributed by atoms with Gasteiger partial charge in [-0.05, 0) is 0 Å². The summed E-state index contributed by atoms with van der Waals surface area (Å²) in [4.78, 5) is 0. The van der Waals surface area contributed by atoms with Gasteiger partial charge in [-0.3, -0.25) is 9.47 Å². The first kappa shape index (κ1) is 11.1. The summed E-state index contributed by atoms with van der Waals surface area (Å²) in [6.07, 6.45) is -3.93. The van der Waals surface area contributed by atoms with Crippen molar-refractivity contribution < 1.29 is 45.2 Å². The molecule has 0 amide bonds. The number of aliphatic hydroxyl groups is 7. The highest BCUT2D eigenvalue weighted by molar-refractivity contribution is 5.01. The molecule has 9 heteroatoms. The molecule has 2 rings (SSSR count). The normalized spacial score (nSPS) is 45.4. The van der Waals surface area contributed by atoms with Gasteiger partial charge in [-0.15, -0.1) is 0 Å². The maximum atomic E-state index is 9.26. The van der Waals surface area contributed by atoms with E-state index in [1.807, 2.05) is 0 Å². The molecule has 0 aromatic rings. The average Bonchev–Trinajstić information content (AvgIpc) is 2.29. The summed E-state index contributed by atoms with van der Waals surface area (Å²) < 4.78 is 8.46. The van der Waals surface area contributed by atoms with Gasteiger partial charge >= 0.3 is 11.9 Å². The van der Waals surface area contributed by atoms with E-state index in [1.54, 1.807) is 0 Å². The molecule has 2 aliphatic heterocycles. The Hall–Kier alpha value is -0.360. The van der Waals surface area contributed by atoms with Crippen LogP contribution in [0, 0.1) is 5.92 Å². The second-order valence-electron chi connectivity index (χ2n) is 3.57. The van der Waals surface area contributed by atoms with Crippen molar-refractivity contribution >= 4 is 0 Å². The molecule has 0 aliphatic carbocycles. The summed E-state index contributed by atoms with van der Waals surface area (Å²) >= 11 is 0. The molecule has 0 aromatic carbocycles. The maximum absolute atomic E-state index is 9.26. The van der Waals surface area contributed by atoms with Gasteiger partial charge in [0.15, 0.2) is 6.29 Å². The minimum absolute atomic E-state index is 1.76. The van der Waals surface area contributed by atoms with Crippen LogP contribution in [0.5, 0.6) is 0 Å². The van der Waals surface area contributed by atoms with Crippen LogP contribution in [0.2, 0.25) is 0 Å². The molecule has 2 saturated heterocycles.